The molecule has 6 aliphatic heterocycles. The predicted molar refractivity (Wildman–Crippen MR) is 451 cm³/mol. The van der Waals surface area contributed by atoms with Gasteiger partial charge < -0.3 is 138 Å². The number of rotatable bonds is 35. The Morgan fingerprint density at radius 3 is 1.17 bits per heavy atom. The Kier molecular flexibility index (Phi) is 27.7. The second-order valence-electron chi connectivity index (χ2n) is 29.7. The molecule has 52 nitrogen and oxygen atoms in total. The molecule has 10 aromatic rings. The maximum Gasteiger partial charge on any atom is 0.330 e. The number of hydrogen-bond acceptors (Lipinski definition) is 49. The van der Waals surface area contributed by atoms with E-state index in [1.807, 2.05) is 6.92 Å². The molecule has 6 saturated heterocycles. The molecular weight excluding hydrogens is 1920 g/mol. The summed E-state index contributed by atoms with van der Waals surface area (Å²) < 4.78 is 126. The Balaban J connectivity index is 0.616. The summed E-state index contributed by atoms with van der Waals surface area (Å²) in [6, 6.07) is 0. The van der Waals surface area contributed by atoms with Gasteiger partial charge in [0.05, 0.1) is 101 Å². The van der Waals surface area contributed by atoms with E-state index in [9.17, 15) is 48.1 Å². The number of nitrogen functional groups attached to an aromatic ring is 4. The number of aromatic amines is 3. The number of aromatic nitrogens is 20. The van der Waals surface area contributed by atoms with Crippen molar-refractivity contribution in [2.45, 2.75) is 183 Å². The molecule has 0 bridgehead atoms. The highest BCUT2D eigenvalue weighted by atomic mass is 32.7. The first-order chi connectivity index (χ1) is 60.2. The van der Waals surface area contributed by atoms with Crippen molar-refractivity contribution in [1.82, 2.24) is 97.2 Å². The van der Waals surface area contributed by atoms with E-state index in [-0.39, 0.29) is 113 Å². The summed E-state index contributed by atoms with van der Waals surface area (Å²) in [5.41, 5.74) is 22.0. The molecule has 0 spiro atoms. The van der Waals surface area contributed by atoms with Crippen LogP contribution in [-0.2, 0) is 154 Å². The fourth-order valence-corrected chi connectivity index (χ4v) is 24.1. The maximum atomic E-state index is 15.1. The van der Waals surface area contributed by atoms with Gasteiger partial charge in [-0.05, 0) is 39.3 Å². The summed E-state index contributed by atoms with van der Waals surface area (Å²) in [5, 5.41) is 0. The molecule has 0 radical (unpaired) electrons. The lowest BCUT2D eigenvalue weighted by Gasteiger charge is -2.36. The monoisotopic (exact) mass is 1990 g/mol. The van der Waals surface area contributed by atoms with Crippen LogP contribution in [0, 0.1) is 13.8 Å². The molecule has 12 unspecified atom stereocenters. The summed E-state index contributed by atoms with van der Waals surface area (Å²) in [5.74, 6) is -0.141. The largest absolute Gasteiger partial charge is 0.801 e. The third-order valence-electron chi connectivity index (χ3n) is 21.4. The minimum absolute atomic E-state index is 0.000210. The van der Waals surface area contributed by atoms with E-state index >= 15 is 4.89 Å². The fourth-order valence-electron chi connectivity index (χ4n) is 15.3. The second-order valence-corrected chi connectivity index (χ2v) is 46.8. The van der Waals surface area contributed by atoms with Crippen molar-refractivity contribution in [3.8, 4) is 0 Å². The first-order valence-corrected chi connectivity index (χ1v) is 53.9. The normalized spacial score (nSPS) is 29.3. The first kappa shape index (κ1) is 93.7. The number of nitrogens with zero attached hydrogens (tertiary/aromatic N) is 17. The number of nitrogens with one attached hydrogen (secondary N) is 3. The van der Waals surface area contributed by atoms with Crippen molar-refractivity contribution >= 4 is 180 Å². The number of H-pyrrole nitrogens is 3. The molecule has 127 heavy (non-hydrogen) atoms. The molecule has 16 rings (SSSR count). The molecule has 10 aromatic heterocycles. The Labute approximate surface area is 744 Å². The van der Waals surface area contributed by atoms with Crippen LogP contribution in [0.3, 0.4) is 0 Å². The van der Waals surface area contributed by atoms with Crippen LogP contribution < -0.4 is 75.5 Å². The van der Waals surface area contributed by atoms with E-state index in [0.29, 0.717) is 17.6 Å². The van der Waals surface area contributed by atoms with Crippen LogP contribution in [0.4, 0.5) is 23.4 Å². The van der Waals surface area contributed by atoms with E-state index in [0.717, 1.165) is 16.2 Å². The highest BCUT2D eigenvalue weighted by Gasteiger charge is 2.48. The average molecular weight is 2000 g/mol. The molecule has 24 atom stereocenters. The van der Waals surface area contributed by atoms with Gasteiger partial charge in [0, 0.05) is 69.2 Å². The summed E-state index contributed by atoms with van der Waals surface area (Å²) in [4.78, 5) is 189. The summed E-state index contributed by atoms with van der Waals surface area (Å²) >= 11 is 32.9. The third kappa shape index (κ3) is 21.0. The van der Waals surface area contributed by atoms with Crippen molar-refractivity contribution < 1.29 is 107 Å². The fraction of sp³-hybridized carbons (Fsp3) is 0.556. The zero-order valence-electron chi connectivity index (χ0n) is 66.3. The molecular formula is C63H76N24O28P6S6-6. The lowest BCUT2D eigenvalue weighted by atomic mass is 10.1. The van der Waals surface area contributed by atoms with Crippen LogP contribution in [0.2, 0.25) is 0 Å². The second kappa shape index (κ2) is 37.5. The summed E-state index contributed by atoms with van der Waals surface area (Å²) in [6.45, 7) is -25.9. The molecule has 688 valence electrons. The van der Waals surface area contributed by atoms with Crippen LogP contribution in [0.25, 0.3) is 44.7 Å². The van der Waals surface area contributed by atoms with Crippen LogP contribution in [0.15, 0.2) is 80.7 Å². The van der Waals surface area contributed by atoms with Crippen LogP contribution in [0.5, 0.6) is 0 Å². The van der Waals surface area contributed by atoms with Gasteiger partial charge in [0.1, 0.15) is 124 Å². The third-order valence-corrected chi connectivity index (χ3v) is 31.5. The van der Waals surface area contributed by atoms with Crippen LogP contribution >= 0.6 is 40.2 Å². The number of ether oxygens (including phenoxy) is 6. The standard InChI is InChI=1S/C63H82N24O28P6S6/c1-5-29-31(8-43(104-29)84-23-74-47-51(64)68-20-71-54(47)84)112-118(95,124)101-18-39-35(12-42(107-39)83-15-28(3)59(89)81-63(83)92)114-121(98,127)103-19-40-36(13-45(109-40)86-25-76-49-53(66)70-22-73-56(49)86)115-120(97,126)100-16-37-33(10-44(108-37)85-24-75-48-52(65)69-21-72-55(48)85)110-116(93,122)7-6-30-32(9-46(105-30)87-26-77-50-57(87)78-61(67)79-60(50)90)113-119(96,125)102-17-38-34(111-117(94,123)99-4)11-41(106-38)82-14-27(2)58(88)80-62(82)91/h14-15,20-26,29-46H,5-13,16-19H2,1-4H3,(H,93,122)(H,94,123)(H,95,124)(H,96,125)(H,97,126)(H,98,127)(H2,64,68,71)(H2,65,69,72)(H2,66,70,73)(H,80,88,91)(H,81,89,92)(H3,67,78,79,90)/p-6/t29-,30-,31?,32?,33?,34?,35?,36?,37-,38-,39-,40-,41-,42-,43-,44-,45-,46-,116?,117?,118?,119?,120?,121?/m1/s1. The molecule has 64 heteroatoms. The maximum absolute atomic E-state index is 15.1. The Hall–Kier alpha value is -6.49. The lowest BCUT2D eigenvalue weighted by molar-refractivity contribution is -0.218. The number of fused-ring (bicyclic) bond motifs is 4. The molecule has 6 fully saturated rings. The lowest BCUT2D eigenvalue weighted by Crippen LogP contribution is -2.34. The van der Waals surface area contributed by atoms with Gasteiger partial charge in [0.25, 0.3) is 16.7 Å². The van der Waals surface area contributed by atoms with E-state index in [2.05, 4.69) is 69.8 Å². The molecule has 0 saturated carbocycles. The molecule has 6 aliphatic rings. The number of anilines is 4. The van der Waals surface area contributed by atoms with Gasteiger partial charge in [-0.3, -0.25) is 61.3 Å². The molecule has 11 N–H and O–H groups in total. The quantitative estimate of drug-likeness (QED) is 0.0183. The Morgan fingerprint density at radius 2 is 0.764 bits per heavy atom. The molecule has 0 aromatic carbocycles. The van der Waals surface area contributed by atoms with E-state index in [1.54, 1.807) is 4.57 Å². The SMILES string of the molecule is CC[C@H]1O[C@@H](n2cnc3c(N)ncnc32)CC1OP([O-])(=S)OC[C@H]1O[C@@H](n2cc(C)c(=O)[nH]c2=O)CC1OP(=O)([S-])OC[C@H]1O[C@@H](n2cnc3c(N)ncnc32)CC1OP([O-])(=S)OC[C@H]1O[C@@H](n2cnc3c(N)ncnc32)CC1OP([O-])(=S)CC[C@H]1O[C@@H](n2cnc3c(=O)[nH]c(N)nc32)CC1OP([O-])(=S)OC[C@H]1O[C@@H](n2cc(C)c(=O)[nH]c2=O)CC1OP([O-])(=S)OC. The average Bonchev–Trinajstić information content (AvgIpc) is 1.66. The van der Waals surface area contributed by atoms with Crippen molar-refractivity contribution in [3.63, 3.8) is 0 Å². The van der Waals surface area contributed by atoms with Crippen LogP contribution in [0.1, 0.15) is 107 Å². The molecule has 0 amide bonds. The van der Waals surface area contributed by atoms with E-state index in [4.69, 9.17) is 172 Å². The van der Waals surface area contributed by atoms with Crippen molar-refractivity contribution in [3.05, 3.63) is 120 Å². The zero-order chi connectivity index (χ0) is 90.3. The van der Waals surface area contributed by atoms with Gasteiger partial charge in [-0.2, -0.15) is 4.98 Å². The number of imidazole rings is 4. The van der Waals surface area contributed by atoms with Gasteiger partial charge in [0.2, 0.25) is 5.95 Å². The van der Waals surface area contributed by atoms with Crippen molar-refractivity contribution in [2.75, 3.05) is 62.6 Å². The zero-order valence-corrected chi connectivity index (χ0v) is 76.5. The summed E-state index contributed by atoms with van der Waals surface area (Å²) in [7, 11) is 1.04. The highest BCUT2D eigenvalue weighted by Crippen LogP contribution is 2.56. The Morgan fingerprint density at radius 1 is 0.433 bits per heavy atom. The van der Waals surface area contributed by atoms with Gasteiger partial charge in [-0.25, -0.2) is 59.4 Å². The topological polar surface area (TPSA) is 697 Å². The predicted octanol–water partition coefficient (Wildman–Crippen LogP) is -1.10. The molecule has 0 aliphatic carbocycles. The Bertz CT molecular complexity index is 6470. The van der Waals surface area contributed by atoms with Crippen molar-refractivity contribution in [1.29, 1.82) is 0 Å². The summed E-state index contributed by atoms with van der Waals surface area (Å²) in [6.07, 6.45) is -12.0. The van der Waals surface area contributed by atoms with Gasteiger partial charge >= 0.3 is 11.4 Å². The van der Waals surface area contributed by atoms with E-state index < -0.39 is 211 Å². The molecule has 16 heterocycles. The van der Waals surface area contributed by atoms with Gasteiger partial charge in [-0.1, -0.05) is 66.0 Å². The minimum Gasteiger partial charge on any atom is -0.801 e. The number of aryl methyl sites for hydroxylation is 2. The van der Waals surface area contributed by atoms with Crippen LogP contribution in [-0.4, -0.2) is 210 Å². The van der Waals surface area contributed by atoms with Crippen molar-refractivity contribution in [2.24, 2.45) is 0 Å². The first-order valence-electron chi connectivity index (χ1n) is 38.3. The number of nitrogens with two attached hydrogens (primary N) is 4. The highest BCUT2D eigenvalue weighted by molar-refractivity contribution is 8.32. The van der Waals surface area contributed by atoms with Gasteiger partial charge in [-0.15, -0.1) is 0 Å². The van der Waals surface area contributed by atoms with Gasteiger partial charge in [0.15, 0.2) is 52.4 Å². The minimum atomic E-state index is -4.89. The number of hydrogen-bond donors (Lipinski definition) is 7. The van der Waals surface area contributed by atoms with E-state index in [1.165, 1.54) is 84.2 Å². The smallest absolute Gasteiger partial charge is 0.330 e.